The van der Waals surface area contributed by atoms with Crippen molar-refractivity contribution in [2.75, 3.05) is 19.6 Å². The molecule has 3 heterocycles. The molecular weight excluding hydrogens is 349 g/mol. The number of amides is 2. The molecule has 0 saturated carbocycles. The van der Waals surface area contributed by atoms with Crippen molar-refractivity contribution in [2.24, 2.45) is 5.92 Å². The Bertz CT molecular complexity index is 659. The molecule has 0 spiro atoms. The van der Waals surface area contributed by atoms with E-state index in [2.05, 4.69) is 9.60 Å². The van der Waals surface area contributed by atoms with Crippen LogP contribution in [0.2, 0.25) is 0 Å². The van der Waals surface area contributed by atoms with E-state index in [0.29, 0.717) is 11.6 Å². The minimum atomic E-state index is -4.93. The van der Waals surface area contributed by atoms with Crippen molar-refractivity contribution in [1.82, 2.24) is 15.3 Å². The number of rotatable bonds is 4. The van der Waals surface area contributed by atoms with E-state index in [-0.39, 0.29) is 32.4 Å². The summed E-state index contributed by atoms with van der Waals surface area (Å²) in [5, 5.41) is 13.1. The van der Waals surface area contributed by atoms with E-state index < -0.39 is 46.1 Å². The minimum absolute atomic E-state index is 0.00358. The van der Waals surface area contributed by atoms with Gasteiger partial charge in [0, 0.05) is 19.0 Å². The summed E-state index contributed by atoms with van der Waals surface area (Å²) < 4.78 is 49.3. The molecular formula is C12H18FN3O7S. The highest BCUT2D eigenvalue weighted by Gasteiger charge is 2.63. The van der Waals surface area contributed by atoms with Gasteiger partial charge in [0.2, 0.25) is 0 Å². The van der Waals surface area contributed by atoms with Crippen molar-refractivity contribution in [3.05, 3.63) is 0 Å². The molecule has 0 aromatic carbocycles. The molecule has 2 amide bonds. The quantitative estimate of drug-likeness (QED) is 0.560. The molecule has 3 aliphatic heterocycles. The van der Waals surface area contributed by atoms with Crippen LogP contribution in [0.4, 0.5) is 9.18 Å². The van der Waals surface area contributed by atoms with Gasteiger partial charge in [-0.2, -0.15) is 13.5 Å². The Morgan fingerprint density at radius 3 is 2.71 bits per heavy atom. The smallest absolute Gasteiger partial charge is 0.418 e. The number of hydroxylamine groups is 2. The molecule has 3 saturated heterocycles. The molecule has 0 unspecified atom stereocenters. The zero-order chi connectivity index (χ0) is 17.7. The molecule has 10 nitrogen and oxygen atoms in total. The van der Waals surface area contributed by atoms with Crippen LogP contribution in [-0.4, -0.2) is 77.4 Å². The van der Waals surface area contributed by atoms with Gasteiger partial charge in [0.15, 0.2) is 0 Å². The molecule has 3 fully saturated rings. The predicted octanol–water partition coefficient (Wildman–Crippen LogP) is -0.608. The maximum absolute atomic E-state index is 14.4. The maximum atomic E-state index is 14.4. The van der Waals surface area contributed by atoms with E-state index in [0.717, 1.165) is 4.90 Å². The first-order valence-corrected chi connectivity index (χ1v) is 8.89. The van der Waals surface area contributed by atoms with Crippen LogP contribution < -0.4 is 5.32 Å². The predicted molar refractivity (Wildman–Crippen MR) is 75.8 cm³/mol. The topological polar surface area (TPSA) is 136 Å². The number of fused-ring (bicyclic) bond motifs is 2. The number of carboxylic acid groups (broad SMARTS) is 1. The van der Waals surface area contributed by atoms with Crippen molar-refractivity contribution < 1.29 is 36.3 Å². The number of carbonyl (C=O) groups excluding carboxylic acids is 1. The zero-order valence-corrected chi connectivity index (χ0v) is 13.4. The van der Waals surface area contributed by atoms with E-state index in [4.69, 9.17) is 4.55 Å². The lowest BCUT2D eigenvalue weighted by molar-refractivity contribution is -0.158. The van der Waals surface area contributed by atoms with Crippen LogP contribution in [0, 0.1) is 5.92 Å². The fourth-order valence-corrected chi connectivity index (χ4v) is 4.41. The number of nitrogens with one attached hydrogen (secondary N) is 1. The monoisotopic (exact) mass is 367 g/mol. The second kappa shape index (κ2) is 5.79. The van der Waals surface area contributed by atoms with Gasteiger partial charge in [-0.3, -0.25) is 4.55 Å². The number of carbonyl (C=O) groups is 2. The molecule has 12 heteroatoms. The molecule has 0 radical (unpaired) electrons. The lowest BCUT2D eigenvalue weighted by Gasteiger charge is -2.47. The van der Waals surface area contributed by atoms with Gasteiger partial charge < -0.3 is 15.3 Å². The number of nitrogens with zero attached hydrogens (tertiary/aromatic N) is 2. The standard InChI is InChI=1S/C12H18FN3O7S/c13-9-5-14-4-2-8(9)12(10(17)18)3-1-7-6-15(12)11(19)16(7)23-24(20,21)22/h7-9,14H,1-6H2,(H,17,18)(H,20,21,22)/t7-,8-,9+,12+/m1/s1. The van der Waals surface area contributed by atoms with Crippen LogP contribution in [0.3, 0.4) is 0 Å². The number of alkyl halides is 1. The summed E-state index contributed by atoms with van der Waals surface area (Å²) >= 11 is 0. The van der Waals surface area contributed by atoms with Crippen molar-refractivity contribution in [2.45, 2.75) is 37.0 Å². The summed E-state index contributed by atoms with van der Waals surface area (Å²) in [6.07, 6.45) is -1.10. The number of halogens is 1. The van der Waals surface area contributed by atoms with E-state index >= 15 is 0 Å². The number of hydrogen-bond donors (Lipinski definition) is 3. The third-order valence-electron chi connectivity index (χ3n) is 5.05. The summed E-state index contributed by atoms with van der Waals surface area (Å²) in [6.45, 7) is 0.324. The fourth-order valence-electron chi connectivity index (χ4n) is 4.02. The first-order chi connectivity index (χ1) is 11.2. The Kier molecular flexibility index (Phi) is 4.18. The van der Waals surface area contributed by atoms with Crippen molar-refractivity contribution in [1.29, 1.82) is 0 Å². The second-order valence-electron chi connectivity index (χ2n) is 6.26. The molecule has 136 valence electrons. The first-order valence-electron chi connectivity index (χ1n) is 7.53. The normalized spacial score (nSPS) is 36.9. The number of aliphatic carboxylic acids is 1. The molecule has 3 N–H and O–H groups in total. The van der Waals surface area contributed by atoms with Gasteiger partial charge in [-0.25, -0.2) is 14.0 Å². The molecule has 0 aromatic rings. The average Bonchev–Trinajstić information content (AvgIpc) is 2.73. The van der Waals surface area contributed by atoms with Gasteiger partial charge in [0.1, 0.15) is 11.7 Å². The summed E-state index contributed by atoms with van der Waals surface area (Å²) in [5.74, 6) is -2.23. The second-order valence-corrected chi connectivity index (χ2v) is 7.26. The summed E-state index contributed by atoms with van der Waals surface area (Å²) in [6, 6.07) is -1.71. The molecule has 0 aromatic heterocycles. The van der Waals surface area contributed by atoms with Crippen LogP contribution in [0.1, 0.15) is 19.3 Å². The Hall–Kier alpha value is -1.50. The molecule has 4 atom stereocenters. The number of piperidine rings is 2. The van der Waals surface area contributed by atoms with E-state index in [1.54, 1.807) is 0 Å². The largest absolute Gasteiger partial charge is 0.479 e. The summed E-state index contributed by atoms with van der Waals surface area (Å²) in [4.78, 5) is 25.5. The zero-order valence-electron chi connectivity index (χ0n) is 12.6. The Labute approximate surface area is 137 Å². The lowest BCUT2D eigenvalue weighted by Crippen LogP contribution is -2.65. The molecule has 24 heavy (non-hydrogen) atoms. The molecule has 3 rings (SSSR count). The average molecular weight is 367 g/mol. The number of urea groups is 1. The lowest BCUT2D eigenvalue weighted by atomic mass is 9.71. The number of hydrogen-bond acceptors (Lipinski definition) is 6. The van der Waals surface area contributed by atoms with Gasteiger partial charge >= 0.3 is 22.4 Å². The molecule has 0 aliphatic carbocycles. The van der Waals surface area contributed by atoms with Crippen molar-refractivity contribution >= 4 is 22.4 Å². The minimum Gasteiger partial charge on any atom is -0.479 e. The van der Waals surface area contributed by atoms with E-state index in [1.165, 1.54) is 0 Å². The van der Waals surface area contributed by atoms with Gasteiger partial charge in [0.05, 0.1) is 6.04 Å². The van der Waals surface area contributed by atoms with Crippen LogP contribution in [-0.2, 0) is 19.5 Å². The highest BCUT2D eigenvalue weighted by molar-refractivity contribution is 7.80. The van der Waals surface area contributed by atoms with Gasteiger partial charge in [-0.15, -0.1) is 4.28 Å². The Morgan fingerprint density at radius 2 is 2.12 bits per heavy atom. The first kappa shape index (κ1) is 17.3. The summed E-state index contributed by atoms with van der Waals surface area (Å²) in [5.41, 5.74) is -1.76. The maximum Gasteiger partial charge on any atom is 0.418 e. The van der Waals surface area contributed by atoms with Crippen LogP contribution in [0.5, 0.6) is 0 Å². The van der Waals surface area contributed by atoms with Gasteiger partial charge in [-0.1, -0.05) is 0 Å². The summed E-state index contributed by atoms with van der Waals surface area (Å²) in [7, 11) is -4.93. The SMILES string of the molecule is O=C1N(OS(=O)(=O)O)[C@@H]2CC[C@@](C(=O)O)([C@@H]3CCNC[C@@H]3F)N1C2. The van der Waals surface area contributed by atoms with E-state index in [1.807, 2.05) is 0 Å². The highest BCUT2D eigenvalue weighted by atomic mass is 32.3. The third kappa shape index (κ3) is 2.62. The Morgan fingerprint density at radius 1 is 1.42 bits per heavy atom. The van der Waals surface area contributed by atoms with Crippen molar-refractivity contribution in [3.8, 4) is 0 Å². The van der Waals surface area contributed by atoms with E-state index in [9.17, 15) is 27.5 Å². The number of carboxylic acids is 1. The van der Waals surface area contributed by atoms with Gasteiger partial charge in [0.25, 0.3) is 0 Å². The molecule has 2 bridgehead atoms. The third-order valence-corrected chi connectivity index (χ3v) is 5.40. The van der Waals surface area contributed by atoms with Crippen molar-refractivity contribution in [3.63, 3.8) is 0 Å². The highest BCUT2D eigenvalue weighted by Crippen LogP contribution is 2.45. The van der Waals surface area contributed by atoms with Crippen LogP contribution in [0.15, 0.2) is 0 Å². The Balaban J connectivity index is 1.96. The molecule has 3 aliphatic rings. The van der Waals surface area contributed by atoms with Crippen LogP contribution >= 0.6 is 0 Å². The van der Waals surface area contributed by atoms with Gasteiger partial charge in [-0.05, 0) is 25.8 Å². The van der Waals surface area contributed by atoms with Crippen LogP contribution in [0.25, 0.3) is 0 Å². The fraction of sp³-hybridized carbons (Fsp3) is 0.833.